The van der Waals surface area contributed by atoms with Gasteiger partial charge in [0.1, 0.15) is 0 Å². The summed E-state index contributed by atoms with van der Waals surface area (Å²) in [6.07, 6.45) is 0. The van der Waals surface area contributed by atoms with Crippen LogP contribution in [0.15, 0.2) is 28.7 Å². The summed E-state index contributed by atoms with van der Waals surface area (Å²) >= 11 is 0. The molecule has 0 saturated carbocycles. The second-order valence-electron chi connectivity index (χ2n) is 6.37. The van der Waals surface area contributed by atoms with Gasteiger partial charge in [-0.1, -0.05) is 17.2 Å². The average Bonchev–Trinajstić information content (AvgIpc) is 3.02. The summed E-state index contributed by atoms with van der Waals surface area (Å²) in [4.78, 5) is 0. The number of rotatable bonds is 3. The maximum Gasteiger partial charge on any atom is 0.494 e. The van der Waals surface area contributed by atoms with E-state index < -0.39 is 0 Å². The summed E-state index contributed by atoms with van der Waals surface area (Å²) in [6.45, 7) is 8.16. The first-order valence-electron chi connectivity index (χ1n) is 7.30. The molecule has 0 spiro atoms. The molecule has 2 heterocycles. The Labute approximate surface area is 130 Å². The number of anilines is 1. The molecule has 0 radical (unpaired) electrons. The van der Waals surface area contributed by atoms with Crippen LogP contribution in [0.25, 0.3) is 11.5 Å². The lowest BCUT2D eigenvalue weighted by Crippen LogP contribution is -2.41. The van der Waals surface area contributed by atoms with Gasteiger partial charge in [-0.3, -0.25) is 0 Å². The minimum absolute atomic E-state index is 0.343. The van der Waals surface area contributed by atoms with Crippen molar-refractivity contribution < 1.29 is 13.7 Å². The lowest BCUT2D eigenvalue weighted by Gasteiger charge is -2.32. The molecule has 6 nitrogen and oxygen atoms in total. The van der Waals surface area contributed by atoms with Crippen LogP contribution >= 0.6 is 0 Å². The van der Waals surface area contributed by atoms with Crippen molar-refractivity contribution in [1.29, 1.82) is 0 Å². The molecule has 1 fully saturated rings. The molecule has 2 aromatic rings. The molecule has 1 aliphatic heterocycles. The minimum Gasteiger partial charge on any atom is -0.403 e. The third kappa shape index (κ3) is 2.50. The standard InChI is InChI=1S/C15H20BN3O3/c1-14(2)15(3,4)22-16(21-14)11-8-6-10(7-9-11)12-18-19-13(17-5)20-12/h6-9H,1-5H3,(H,17,19). The van der Waals surface area contributed by atoms with Crippen molar-refractivity contribution in [3.63, 3.8) is 0 Å². The van der Waals surface area contributed by atoms with Crippen LogP contribution in [0.3, 0.4) is 0 Å². The highest BCUT2D eigenvalue weighted by atomic mass is 16.7. The van der Waals surface area contributed by atoms with Crippen molar-refractivity contribution in [2.75, 3.05) is 12.4 Å². The fourth-order valence-corrected chi connectivity index (χ4v) is 2.20. The average molecular weight is 301 g/mol. The highest BCUT2D eigenvalue weighted by Crippen LogP contribution is 2.36. The van der Waals surface area contributed by atoms with Gasteiger partial charge in [0.15, 0.2) is 0 Å². The Hall–Kier alpha value is -1.86. The molecule has 0 unspecified atom stereocenters. The van der Waals surface area contributed by atoms with E-state index in [1.165, 1.54) is 0 Å². The van der Waals surface area contributed by atoms with E-state index in [0.29, 0.717) is 11.9 Å². The van der Waals surface area contributed by atoms with E-state index in [2.05, 4.69) is 15.5 Å². The first kappa shape index (κ1) is 15.1. The zero-order valence-corrected chi connectivity index (χ0v) is 13.5. The summed E-state index contributed by atoms with van der Waals surface area (Å²) < 4.78 is 17.5. The molecule has 7 heteroatoms. The van der Waals surface area contributed by atoms with Crippen molar-refractivity contribution in [3.05, 3.63) is 24.3 Å². The number of hydrogen-bond acceptors (Lipinski definition) is 6. The van der Waals surface area contributed by atoms with Crippen molar-refractivity contribution >= 4 is 18.6 Å². The van der Waals surface area contributed by atoms with E-state index in [4.69, 9.17) is 13.7 Å². The Morgan fingerprint density at radius 3 is 2.05 bits per heavy atom. The lowest BCUT2D eigenvalue weighted by atomic mass is 9.79. The maximum atomic E-state index is 6.03. The minimum atomic E-state index is -0.366. The molecule has 0 aliphatic carbocycles. The van der Waals surface area contributed by atoms with Crippen LogP contribution in [0.4, 0.5) is 6.01 Å². The molecule has 1 saturated heterocycles. The Morgan fingerprint density at radius 1 is 0.955 bits per heavy atom. The van der Waals surface area contributed by atoms with Crippen molar-refractivity contribution in [3.8, 4) is 11.5 Å². The third-order valence-electron chi connectivity index (χ3n) is 4.32. The van der Waals surface area contributed by atoms with Crippen LogP contribution in [0.5, 0.6) is 0 Å². The predicted molar refractivity (Wildman–Crippen MR) is 85.0 cm³/mol. The van der Waals surface area contributed by atoms with Gasteiger partial charge in [-0.15, -0.1) is 5.10 Å². The van der Waals surface area contributed by atoms with Gasteiger partial charge in [0, 0.05) is 12.6 Å². The van der Waals surface area contributed by atoms with Gasteiger partial charge in [-0.25, -0.2) is 0 Å². The molecule has 22 heavy (non-hydrogen) atoms. The molecule has 0 amide bonds. The van der Waals surface area contributed by atoms with Crippen LogP contribution in [-0.2, 0) is 9.31 Å². The van der Waals surface area contributed by atoms with Crippen molar-refractivity contribution in [1.82, 2.24) is 10.2 Å². The van der Waals surface area contributed by atoms with E-state index in [-0.39, 0.29) is 18.3 Å². The van der Waals surface area contributed by atoms with E-state index in [1.54, 1.807) is 7.05 Å². The molecule has 0 bridgehead atoms. The topological polar surface area (TPSA) is 69.4 Å². The quantitative estimate of drug-likeness (QED) is 0.875. The molecule has 1 aliphatic rings. The first-order chi connectivity index (χ1) is 10.3. The number of hydrogen-bond donors (Lipinski definition) is 1. The molecular formula is C15H20BN3O3. The molecule has 1 aromatic carbocycles. The lowest BCUT2D eigenvalue weighted by molar-refractivity contribution is 0.00578. The largest absolute Gasteiger partial charge is 0.494 e. The first-order valence-corrected chi connectivity index (χ1v) is 7.30. The zero-order valence-electron chi connectivity index (χ0n) is 13.5. The number of nitrogens with one attached hydrogen (secondary N) is 1. The SMILES string of the molecule is CNc1nnc(-c2ccc(B3OC(C)(C)C(C)(C)O3)cc2)o1. The van der Waals surface area contributed by atoms with E-state index in [0.717, 1.165) is 11.0 Å². The fraction of sp³-hybridized carbons (Fsp3) is 0.467. The Bertz CT molecular complexity index is 651. The van der Waals surface area contributed by atoms with Crippen LogP contribution in [0, 0.1) is 0 Å². The van der Waals surface area contributed by atoms with Gasteiger partial charge in [-0.2, -0.15) is 0 Å². The molecule has 116 valence electrons. The van der Waals surface area contributed by atoms with Crippen LogP contribution in [0.1, 0.15) is 27.7 Å². The summed E-state index contributed by atoms with van der Waals surface area (Å²) in [7, 11) is 1.37. The second-order valence-corrected chi connectivity index (χ2v) is 6.37. The van der Waals surface area contributed by atoms with Gasteiger partial charge in [0.2, 0.25) is 5.89 Å². The van der Waals surface area contributed by atoms with Gasteiger partial charge < -0.3 is 19.0 Å². The number of benzene rings is 1. The Morgan fingerprint density at radius 2 is 1.55 bits per heavy atom. The number of nitrogens with zero attached hydrogens (tertiary/aromatic N) is 2. The predicted octanol–water partition coefficient (Wildman–Crippen LogP) is 2.08. The van der Waals surface area contributed by atoms with Crippen molar-refractivity contribution in [2.24, 2.45) is 0 Å². The van der Waals surface area contributed by atoms with Gasteiger partial charge >= 0.3 is 13.1 Å². The van der Waals surface area contributed by atoms with Gasteiger partial charge in [0.05, 0.1) is 11.2 Å². The van der Waals surface area contributed by atoms with Crippen LogP contribution < -0.4 is 10.8 Å². The summed E-state index contributed by atoms with van der Waals surface area (Å²) in [5.41, 5.74) is 1.14. The summed E-state index contributed by atoms with van der Waals surface area (Å²) in [5.74, 6) is 0.477. The fourth-order valence-electron chi connectivity index (χ4n) is 2.20. The maximum absolute atomic E-state index is 6.03. The highest BCUT2D eigenvalue weighted by molar-refractivity contribution is 6.62. The molecular weight excluding hydrogens is 281 g/mol. The number of aromatic nitrogens is 2. The van der Waals surface area contributed by atoms with Crippen molar-refractivity contribution in [2.45, 2.75) is 38.9 Å². The van der Waals surface area contributed by atoms with E-state index in [9.17, 15) is 0 Å². The summed E-state index contributed by atoms with van der Waals surface area (Å²) in [5, 5.41) is 10.7. The third-order valence-corrected chi connectivity index (χ3v) is 4.32. The van der Waals surface area contributed by atoms with E-state index >= 15 is 0 Å². The van der Waals surface area contributed by atoms with Gasteiger partial charge in [-0.05, 0) is 45.3 Å². The summed E-state index contributed by atoms with van der Waals surface area (Å²) in [6, 6.07) is 8.16. The zero-order chi connectivity index (χ0) is 16.0. The highest BCUT2D eigenvalue weighted by Gasteiger charge is 2.51. The Balaban J connectivity index is 1.81. The molecule has 0 atom stereocenters. The molecule has 1 aromatic heterocycles. The normalized spacial score (nSPS) is 19.4. The Kier molecular flexibility index (Phi) is 3.49. The monoisotopic (exact) mass is 301 g/mol. The molecule has 1 N–H and O–H groups in total. The second kappa shape index (κ2) is 5.10. The van der Waals surface area contributed by atoms with E-state index in [1.807, 2.05) is 52.0 Å². The molecule has 3 rings (SSSR count). The van der Waals surface area contributed by atoms with Gasteiger partial charge in [0.25, 0.3) is 0 Å². The van der Waals surface area contributed by atoms with Crippen LogP contribution in [-0.4, -0.2) is 35.6 Å². The smallest absolute Gasteiger partial charge is 0.403 e. The van der Waals surface area contributed by atoms with Crippen LogP contribution in [0.2, 0.25) is 0 Å².